The van der Waals surface area contributed by atoms with Gasteiger partial charge < -0.3 is 21.1 Å². The Morgan fingerprint density at radius 1 is 1.35 bits per heavy atom. The second-order valence-corrected chi connectivity index (χ2v) is 3.76. The number of benzene rings is 1. The Balaban J connectivity index is 2.59. The van der Waals surface area contributed by atoms with Crippen molar-refractivity contribution in [3.63, 3.8) is 0 Å². The molecule has 0 saturated heterocycles. The number of nitrogens with one attached hydrogen (secondary N) is 1. The highest BCUT2D eigenvalue weighted by Crippen LogP contribution is 2.11. The second-order valence-electron chi connectivity index (χ2n) is 3.76. The van der Waals surface area contributed by atoms with Gasteiger partial charge in [0.25, 0.3) is 0 Å². The summed E-state index contributed by atoms with van der Waals surface area (Å²) in [7, 11) is 0. The molecule has 5 nitrogen and oxygen atoms in total. The molecule has 0 heterocycles. The maximum atomic E-state index is 11.8. The molecule has 0 aliphatic carbocycles. The largest absolute Gasteiger partial charge is 0.399 e. The summed E-state index contributed by atoms with van der Waals surface area (Å²) >= 11 is 0. The van der Waals surface area contributed by atoms with Crippen LogP contribution in [0.4, 0.5) is 16.2 Å². The topological polar surface area (TPSA) is 78.6 Å². The number of carbonyl (C=O) groups is 1. The van der Waals surface area contributed by atoms with Crippen molar-refractivity contribution in [1.82, 2.24) is 4.90 Å². The Morgan fingerprint density at radius 2 is 2.00 bits per heavy atom. The fourth-order valence-corrected chi connectivity index (χ4v) is 1.47. The van der Waals surface area contributed by atoms with Gasteiger partial charge in [0.2, 0.25) is 0 Å². The molecule has 0 unspecified atom stereocenters. The van der Waals surface area contributed by atoms with E-state index >= 15 is 0 Å². The standard InChI is InChI=1S/C12H19N3O2/c1-2-7-15(8-9-16)12(17)14-11-5-3-10(13)4-6-11/h3-6,16H,2,7-9,13H2,1H3,(H,14,17). The number of hydrogen-bond donors (Lipinski definition) is 3. The SMILES string of the molecule is CCCN(CCO)C(=O)Nc1ccc(N)cc1. The Bertz CT molecular complexity index is 345. The first kappa shape index (κ1) is 13.3. The number of anilines is 2. The first-order valence-corrected chi connectivity index (χ1v) is 5.69. The van der Waals surface area contributed by atoms with Crippen LogP contribution in [-0.2, 0) is 0 Å². The summed E-state index contributed by atoms with van der Waals surface area (Å²) in [5.41, 5.74) is 6.91. The van der Waals surface area contributed by atoms with E-state index < -0.39 is 0 Å². The highest BCUT2D eigenvalue weighted by Gasteiger charge is 2.11. The normalized spacial score (nSPS) is 10.0. The first-order chi connectivity index (χ1) is 8.17. The molecule has 1 aromatic rings. The van der Waals surface area contributed by atoms with Gasteiger partial charge in [-0.3, -0.25) is 0 Å². The molecule has 0 radical (unpaired) electrons. The van der Waals surface area contributed by atoms with E-state index in [0.717, 1.165) is 6.42 Å². The third kappa shape index (κ3) is 4.32. The highest BCUT2D eigenvalue weighted by atomic mass is 16.3. The van der Waals surface area contributed by atoms with Gasteiger partial charge in [-0.2, -0.15) is 0 Å². The van der Waals surface area contributed by atoms with Gasteiger partial charge in [0.05, 0.1) is 6.61 Å². The second kappa shape index (κ2) is 6.75. The molecular formula is C12H19N3O2. The predicted molar refractivity (Wildman–Crippen MR) is 68.8 cm³/mol. The Hall–Kier alpha value is -1.75. The Morgan fingerprint density at radius 3 is 2.53 bits per heavy atom. The molecule has 17 heavy (non-hydrogen) atoms. The van der Waals surface area contributed by atoms with Crippen molar-refractivity contribution in [2.45, 2.75) is 13.3 Å². The minimum Gasteiger partial charge on any atom is -0.399 e. The van der Waals surface area contributed by atoms with Crippen LogP contribution in [0.2, 0.25) is 0 Å². The van der Waals surface area contributed by atoms with E-state index in [1.807, 2.05) is 6.92 Å². The van der Waals surface area contributed by atoms with Gasteiger partial charge in [-0.05, 0) is 30.7 Å². The molecule has 0 aliphatic rings. The van der Waals surface area contributed by atoms with E-state index in [1.54, 1.807) is 29.2 Å². The first-order valence-electron chi connectivity index (χ1n) is 5.69. The van der Waals surface area contributed by atoms with E-state index in [9.17, 15) is 4.79 Å². The van der Waals surface area contributed by atoms with E-state index in [2.05, 4.69) is 5.32 Å². The molecule has 4 N–H and O–H groups in total. The van der Waals surface area contributed by atoms with E-state index in [4.69, 9.17) is 10.8 Å². The maximum absolute atomic E-state index is 11.8. The third-order valence-electron chi connectivity index (χ3n) is 2.31. The molecule has 5 heteroatoms. The van der Waals surface area contributed by atoms with Gasteiger partial charge in [0.1, 0.15) is 0 Å². The number of nitrogen functional groups attached to an aromatic ring is 1. The molecule has 0 atom stereocenters. The van der Waals surface area contributed by atoms with Crippen LogP contribution in [0, 0.1) is 0 Å². The van der Waals surface area contributed by atoms with Crippen LogP contribution in [0.1, 0.15) is 13.3 Å². The molecule has 94 valence electrons. The molecule has 0 bridgehead atoms. The summed E-state index contributed by atoms with van der Waals surface area (Å²) in [6, 6.07) is 6.75. The third-order valence-corrected chi connectivity index (χ3v) is 2.31. The number of nitrogens with two attached hydrogens (primary N) is 1. The average molecular weight is 237 g/mol. The molecule has 2 amide bonds. The smallest absolute Gasteiger partial charge is 0.321 e. The summed E-state index contributed by atoms with van der Waals surface area (Å²) in [4.78, 5) is 13.4. The van der Waals surface area contributed by atoms with Crippen molar-refractivity contribution in [2.24, 2.45) is 0 Å². The lowest BCUT2D eigenvalue weighted by atomic mass is 10.3. The Labute approximate surface area is 101 Å². The number of nitrogens with zero attached hydrogens (tertiary/aromatic N) is 1. The van der Waals surface area contributed by atoms with Gasteiger partial charge in [-0.1, -0.05) is 6.92 Å². The van der Waals surface area contributed by atoms with Crippen LogP contribution in [-0.4, -0.2) is 35.7 Å². The monoisotopic (exact) mass is 237 g/mol. The number of aliphatic hydroxyl groups excluding tert-OH is 1. The summed E-state index contributed by atoms with van der Waals surface area (Å²) < 4.78 is 0. The number of rotatable bonds is 5. The summed E-state index contributed by atoms with van der Waals surface area (Å²) in [6.45, 7) is 2.92. The van der Waals surface area contributed by atoms with E-state index in [-0.39, 0.29) is 12.6 Å². The van der Waals surface area contributed by atoms with Crippen molar-refractivity contribution >= 4 is 17.4 Å². The molecule has 0 aliphatic heterocycles. The quantitative estimate of drug-likeness (QED) is 0.679. The Kier molecular flexibility index (Phi) is 5.29. The van der Waals surface area contributed by atoms with Gasteiger partial charge in [-0.15, -0.1) is 0 Å². The summed E-state index contributed by atoms with van der Waals surface area (Å²) in [6.07, 6.45) is 0.856. The molecule has 0 fully saturated rings. The summed E-state index contributed by atoms with van der Waals surface area (Å²) in [5, 5.41) is 11.6. The molecule has 1 rings (SSSR count). The van der Waals surface area contributed by atoms with E-state index in [0.29, 0.717) is 24.5 Å². The zero-order chi connectivity index (χ0) is 12.7. The minimum atomic E-state index is -0.203. The van der Waals surface area contributed by atoms with E-state index in [1.165, 1.54) is 0 Å². The lowest BCUT2D eigenvalue weighted by molar-refractivity contribution is 0.188. The maximum Gasteiger partial charge on any atom is 0.321 e. The van der Waals surface area contributed by atoms with Crippen molar-refractivity contribution in [3.8, 4) is 0 Å². The fraction of sp³-hybridized carbons (Fsp3) is 0.417. The van der Waals surface area contributed by atoms with Crippen molar-refractivity contribution in [3.05, 3.63) is 24.3 Å². The van der Waals surface area contributed by atoms with Crippen LogP contribution < -0.4 is 11.1 Å². The number of hydrogen-bond acceptors (Lipinski definition) is 3. The number of amides is 2. The highest BCUT2D eigenvalue weighted by molar-refractivity contribution is 5.89. The van der Waals surface area contributed by atoms with Crippen LogP contribution in [0.3, 0.4) is 0 Å². The van der Waals surface area contributed by atoms with Gasteiger partial charge in [-0.25, -0.2) is 4.79 Å². The van der Waals surface area contributed by atoms with Crippen LogP contribution in [0.5, 0.6) is 0 Å². The van der Waals surface area contributed by atoms with Crippen LogP contribution >= 0.6 is 0 Å². The zero-order valence-electron chi connectivity index (χ0n) is 10.0. The minimum absolute atomic E-state index is 0.0326. The molecule has 1 aromatic carbocycles. The number of aliphatic hydroxyl groups is 1. The number of urea groups is 1. The van der Waals surface area contributed by atoms with Crippen LogP contribution in [0.25, 0.3) is 0 Å². The van der Waals surface area contributed by atoms with Gasteiger partial charge >= 0.3 is 6.03 Å². The number of carbonyl (C=O) groups excluding carboxylic acids is 1. The van der Waals surface area contributed by atoms with Crippen LogP contribution in [0.15, 0.2) is 24.3 Å². The molecular weight excluding hydrogens is 218 g/mol. The fourth-order valence-electron chi connectivity index (χ4n) is 1.47. The lowest BCUT2D eigenvalue weighted by Crippen LogP contribution is -2.37. The molecule has 0 spiro atoms. The summed E-state index contributed by atoms with van der Waals surface area (Å²) in [5.74, 6) is 0. The molecule has 0 saturated carbocycles. The van der Waals surface area contributed by atoms with Crippen molar-refractivity contribution in [2.75, 3.05) is 30.7 Å². The van der Waals surface area contributed by atoms with Crippen molar-refractivity contribution in [1.29, 1.82) is 0 Å². The lowest BCUT2D eigenvalue weighted by Gasteiger charge is -2.21. The van der Waals surface area contributed by atoms with Crippen molar-refractivity contribution < 1.29 is 9.90 Å². The van der Waals surface area contributed by atoms with Gasteiger partial charge in [0.15, 0.2) is 0 Å². The zero-order valence-corrected chi connectivity index (χ0v) is 10.0. The average Bonchev–Trinajstić information content (AvgIpc) is 2.32. The van der Waals surface area contributed by atoms with Gasteiger partial charge in [0, 0.05) is 24.5 Å². The molecule has 0 aromatic heterocycles. The predicted octanol–water partition coefficient (Wildman–Crippen LogP) is 1.51.